The van der Waals surface area contributed by atoms with Crippen LogP contribution in [0.2, 0.25) is 5.02 Å². The first kappa shape index (κ1) is 15.8. The van der Waals surface area contributed by atoms with Gasteiger partial charge in [-0.25, -0.2) is 0 Å². The van der Waals surface area contributed by atoms with Crippen LogP contribution >= 0.6 is 11.6 Å². The minimum absolute atomic E-state index is 0.0150. The summed E-state index contributed by atoms with van der Waals surface area (Å²) in [6.07, 6.45) is 0. The van der Waals surface area contributed by atoms with Gasteiger partial charge >= 0.3 is 0 Å². The third-order valence-electron chi connectivity index (χ3n) is 4.60. The van der Waals surface area contributed by atoms with Gasteiger partial charge < -0.3 is 0 Å². The zero-order valence-electron chi connectivity index (χ0n) is 13.5. The number of hydrogen-bond donors (Lipinski definition) is 0. The highest BCUT2D eigenvalue weighted by Crippen LogP contribution is 2.30. The quantitative estimate of drug-likeness (QED) is 0.677. The predicted molar refractivity (Wildman–Crippen MR) is 89.7 cm³/mol. The average molecular weight is 301 g/mol. The Balaban J connectivity index is 2.70. The third-order valence-corrected chi connectivity index (χ3v) is 4.91. The van der Waals surface area contributed by atoms with E-state index in [1.165, 1.54) is 16.7 Å². The van der Waals surface area contributed by atoms with Crippen LogP contribution in [0.5, 0.6) is 0 Å². The van der Waals surface area contributed by atoms with E-state index >= 15 is 0 Å². The molecule has 2 heteroatoms. The Morgan fingerprint density at radius 3 is 1.76 bits per heavy atom. The van der Waals surface area contributed by atoms with Crippen LogP contribution in [0.1, 0.15) is 49.3 Å². The number of ketones is 1. The average Bonchev–Trinajstić information content (AvgIpc) is 2.43. The van der Waals surface area contributed by atoms with Crippen molar-refractivity contribution in [2.75, 3.05) is 0 Å². The van der Waals surface area contributed by atoms with Crippen LogP contribution in [0, 0.1) is 41.5 Å². The number of hydrogen-bond acceptors (Lipinski definition) is 1. The van der Waals surface area contributed by atoms with Gasteiger partial charge in [-0.1, -0.05) is 17.7 Å². The maximum Gasteiger partial charge on any atom is 0.195 e. The van der Waals surface area contributed by atoms with Gasteiger partial charge in [0, 0.05) is 11.1 Å². The summed E-state index contributed by atoms with van der Waals surface area (Å²) >= 11 is 6.27. The van der Waals surface area contributed by atoms with E-state index in [4.69, 9.17) is 11.6 Å². The molecule has 0 atom stereocenters. The number of rotatable bonds is 2. The second-order valence-electron chi connectivity index (χ2n) is 5.81. The predicted octanol–water partition coefficient (Wildman–Crippen LogP) is 5.42. The fraction of sp³-hybridized carbons (Fsp3) is 0.316. The van der Waals surface area contributed by atoms with Gasteiger partial charge in [-0.15, -0.1) is 0 Å². The molecule has 2 rings (SSSR count). The molecule has 0 spiro atoms. The van der Waals surface area contributed by atoms with E-state index in [0.29, 0.717) is 10.6 Å². The van der Waals surface area contributed by atoms with Gasteiger partial charge in [-0.05, 0) is 87.1 Å². The van der Waals surface area contributed by atoms with Gasteiger partial charge in [0.15, 0.2) is 5.78 Å². The van der Waals surface area contributed by atoms with Gasteiger partial charge in [0.1, 0.15) is 0 Å². The maximum absolute atomic E-state index is 13.0. The first-order valence-corrected chi connectivity index (χ1v) is 7.51. The summed E-state index contributed by atoms with van der Waals surface area (Å²) in [5, 5.41) is 0.523. The number of carbonyl (C=O) groups excluding carboxylic acids is 1. The molecule has 0 aliphatic heterocycles. The standard InChI is InChI=1S/C19H21ClO/c1-10-7-8-16(17(20)9-10)19(21)18-14(5)12(3)11(2)13(4)15(18)6/h7-9H,1-6H3. The zero-order chi connectivity index (χ0) is 15.9. The van der Waals surface area contributed by atoms with Crippen molar-refractivity contribution in [1.82, 2.24) is 0 Å². The molecule has 0 aliphatic carbocycles. The van der Waals surface area contributed by atoms with Crippen LogP contribution in [0.25, 0.3) is 0 Å². The topological polar surface area (TPSA) is 17.1 Å². The summed E-state index contributed by atoms with van der Waals surface area (Å²) in [7, 11) is 0. The summed E-state index contributed by atoms with van der Waals surface area (Å²) in [6.45, 7) is 12.3. The van der Waals surface area contributed by atoms with Crippen molar-refractivity contribution < 1.29 is 4.79 Å². The molecule has 0 aliphatic rings. The SMILES string of the molecule is Cc1ccc(C(=O)c2c(C)c(C)c(C)c(C)c2C)c(Cl)c1. The molecule has 0 aromatic heterocycles. The van der Waals surface area contributed by atoms with E-state index in [2.05, 4.69) is 20.8 Å². The molecule has 0 saturated heterocycles. The first-order valence-electron chi connectivity index (χ1n) is 7.13. The minimum Gasteiger partial charge on any atom is -0.289 e. The summed E-state index contributed by atoms with van der Waals surface area (Å²) < 4.78 is 0. The van der Waals surface area contributed by atoms with E-state index in [9.17, 15) is 4.79 Å². The lowest BCUT2D eigenvalue weighted by molar-refractivity contribution is 0.103. The number of benzene rings is 2. The van der Waals surface area contributed by atoms with E-state index in [1.807, 2.05) is 39.0 Å². The summed E-state index contributed by atoms with van der Waals surface area (Å²) in [4.78, 5) is 13.0. The van der Waals surface area contributed by atoms with Gasteiger partial charge in [0.2, 0.25) is 0 Å². The first-order chi connectivity index (χ1) is 9.75. The van der Waals surface area contributed by atoms with Crippen molar-refractivity contribution in [3.8, 4) is 0 Å². The van der Waals surface area contributed by atoms with Crippen molar-refractivity contribution >= 4 is 17.4 Å². The summed E-state index contributed by atoms with van der Waals surface area (Å²) in [6, 6.07) is 5.59. The largest absolute Gasteiger partial charge is 0.289 e. The molecular formula is C19H21ClO. The highest BCUT2D eigenvalue weighted by Gasteiger charge is 2.21. The fourth-order valence-electron chi connectivity index (χ4n) is 2.78. The van der Waals surface area contributed by atoms with Crippen LogP contribution in [-0.2, 0) is 0 Å². The van der Waals surface area contributed by atoms with Crippen LogP contribution in [0.15, 0.2) is 18.2 Å². The van der Waals surface area contributed by atoms with Crippen LogP contribution < -0.4 is 0 Å². The lowest BCUT2D eigenvalue weighted by Gasteiger charge is -2.18. The molecule has 0 N–H and O–H groups in total. The Morgan fingerprint density at radius 1 is 0.810 bits per heavy atom. The van der Waals surface area contributed by atoms with Crippen molar-refractivity contribution in [1.29, 1.82) is 0 Å². The van der Waals surface area contributed by atoms with E-state index in [1.54, 1.807) is 0 Å². The molecule has 0 heterocycles. The monoisotopic (exact) mass is 300 g/mol. The number of carbonyl (C=O) groups is 1. The Morgan fingerprint density at radius 2 is 1.29 bits per heavy atom. The van der Waals surface area contributed by atoms with Crippen molar-refractivity contribution in [2.24, 2.45) is 0 Å². The molecule has 0 bridgehead atoms. The van der Waals surface area contributed by atoms with Crippen LogP contribution in [0.4, 0.5) is 0 Å². The van der Waals surface area contributed by atoms with E-state index in [0.717, 1.165) is 22.3 Å². The summed E-state index contributed by atoms with van der Waals surface area (Å²) in [5.41, 5.74) is 8.17. The Labute approximate surface area is 132 Å². The van der Waals surface area contributed by atoms with E-state index in [-0.39, 0.29) is 5.78 Å². The third kappa shape index (κ3) is 2.63. The molecule has 0 radical (unpaired) electrons. The van der Waals surface area contributed by atoms with Gasteiger partial charge in [0.05, 0.1) is 5.02 Å². The lowest BCUT2D eigenvalue weighted by Crippen LogP contribution is -2.11. The molecule has 21 heavy (non-hydrogen) atoms. The highest BCUT2D eigenvalue weighted by atomic mass is 35.5. The molecule has 0 unspecified atom stereocenters. The molecule has 2 aromatic carbocycles. The highest BCUT2D eigenvalue weighted by molar-refractivity contribution is 6.35. The smallest absolute Gasteiger partial charge is 0.195 e. The zero-order valence-corrected chi connectivity index (χ0v) is 14.3. The van der Waals surface area contributed by atoms with Gasteiger partial charge in [-0.2, -0.15) is 0 Å². The number of aryl methyl sites for hydroxylation is 1. The molecule has 2 aromatic rings. The summed E-state index contributed by atoms with van der Waals surface area (Å²) in [5.74, 6) is 0.0150. The second-order valence-corrected chi connectivity index (χ2v) is 6.22. The van der Waals surface area contributed by atoms with Crippen molar-refractivity contribution in [3.05, 3.63) is 67.7 Å². The molecule has 0 saturated carbocycles. The Hall–Kier alpha value is -1.60. The number of halogens is 1. The molecule has 1 nitrogen and oxygen atoms in total. The maximum atomic E-state index is 13.0. The normalized spacial score (nSPS) is 10.8. The molecule has 0 amide bonds. The molecular weight excluding hydrogens is 280 g/mol. The van der Waals surface area contributed by atoms with Crippen LogP contribution in [-0.4, -0.2) is 5.78 Å². The lowest BCUT2D eigenvalue weighted by atomic mass is 9.86. The minimum atomic E-state index is 0.0150. The second kappa shape index (κ2) is 5.65. The Bertz CT molecular complexity index is 713. The Kier molecular flexibility index (Phi) is 4.25. The van der Waals surface area contributed by atoms with Crippen molar-refractivity contribution in [2.45, 2.75) is 41.5 Å². The fourth-order valence-corrected chi connectivity index (χ4v) is 3.10. The van der Waals surface area contributed by atoms with E-state index < -0.39 is 0 Å². The van der Waals surface area contributed by atoms with Crippen molar-refractivity contribution in [3.63, 3.8) is 0 Å². The van der Waals surface area contributed by atoms with Gasteiger partial charge in [0.25, 0.3) is 0 Å². The van der Waals surface area contributed by atoms with Crippen LogP contribution in [0.3, 0.4) is 0 Å². The molecule has 110 valence electrons. The van der Waals surface area contributed by atoms with Gasteiger partial charge in [-0.3, -0.25) is 4.79 Å². The molecule has 0 fully saturated rings.